The summed E-state index contributed by atoms with van der Waals surface area (Å²) in [4.78, 5) is 0. The zero-order valence-electron chi connectivity index (χ0n) is 29.8. The maximum Gasteiger partial charge on any atom is -0.0300 e. The van der Waals surface area contributed by atoms with Gasteiger partial charge < -0.3 is 0 Å². The molecule has 38 heavy (non-hydrogen) atoms. The molecule has 0 heteroatoms. The van der Waals surface area contributed by atoms with Crippen LogP contribution in [0.1, 0.15) is 194 Å². The normalized spacial score (nSPS) is 18.9. The summed E-state index contributed by atoms with van der Waals surface area (Å²) >= 11 is 0. The Morgan fingerprint density at radius 2 is 0.816 bits per heavy atom. The Hall–Kier alpha value is 0. The third-order valence-corrected chi connectivity index (χ3v) is 11.4. The Morgan fingerprint density at radius 1 is 0.421 bits per heavy atom. The molecule has 0 aliphatic carbocycles. The summed E-state index contributed by atoms with van der Waals surface area (Å²) < 4.78 is 0. The maximum atomic E-state index is 2.58. The van der Waals surface area contributed by atoms with Crippen LogP contribution < -0.4 is 0 Å². The van der Waals surface area contributed by atoms with Crippen molar-refractivity contribution in [3.8, 4) is 0 Å². The number of rotatable bonds is 22. The van der Waals surface area contributed by atoms with Crippen LogP contribution in [0.3, 0.4) is 0 Å². The van der Waals surface area contributed by atoms with Crippen molar-refractivity contribution in [1.29, 1.82) is 0 Å². The zero-order chi connectivity index (χ0) is 29.8. The van der Waals surface area contributed by atoms with Crippen molar-refractivity contribution < 1.29 is 0 Å². The lowest BCUT2D eigenvalue weighted by Crippen LogP contribution is -2.35. The van der Waals surface area contributed by atoms with Crippen molar-refractivity contribution in [3.63, 3.8) is 0 Å². The molecule has 0 saturated carbocycles. The SMILES string of the molecule is CCC(C)(CCC(C)C)CC(C)CCC(C)(C)C(C)(C)CC(C)CCC(C)(CC)CC(C)CCCC(C)C. The fourth-order valence-corrected chi connectivity index (χ4v) is 7.03. The average Bonchev–Trinajstić information content (AvgIpc) is 2.79. The van der Waals surface area contributed by atoms with Gasteiger partial charge in [0.2, 0.25) is 0 Å². The van der Waals surface area contributed by atoms with Crippen molar-refractivity contribution in [2.75, 3.05) is 0 Å². The first-order valence-electron chi connectivity index (χ1n) is 17.3. The molecule has 230 valence electrons. The van der Waals surface area contributed by atoms with Gasteiger partial charge >= 0.3 is 0 Å². The second-order valence-electron chi connectivity index (χ2n) is 17.4. The quantitative estimate of drug-likeness (QED) is 0.129. The molecule has 0 amide bonds. The molecule has 5 atom stereocenters. The molecular formula is C38H78. The fourth-order valence-electron chi connectivity index (χ4n) is 7.03. The molecule has 0 aromatic carbocycles. The molecule has 0 N–H and O–H groups in total. The average molecular weight is 535 g/mol. The smallest absolute Gasteiger partial charge is 0.0300 e. The summed E-state index contributed by atoms with van der Waals surface area (Å²) in [6, 6.07) is 0. The standard InChI is InChI=1S/C38H78/c1-16-37(14,25-21-31(5)6)29-34(9)22-24-35(10,11)36(12,13)27-33(8)23-26-38(15,17-2)28-32(7)20-18-19-30(3)4/h30-34H,16-29H2,1-15H3. The lowest BCUT2D eigenvalue weighted by atomic mass is 9.60. The minimum absolute atomic E-state index is 0.380. The lowest BCUT2D eigenvalue weighted by molar-refractivity contribution is 0.0562. The van der Waals surface area contributed by atoms with E-state index in [1.165, 1.54) is 89.9 Å². The molecule has 0 rings (SSSR count). The molecule has 0 saturated heterocycles. The second-order valence-corrected chi connectivity index (χ2v) is 17.4. The Morgan fingerprint density at radius 3 is 1.26 bits per heavy atom. The first kappa shape index (κ1) is 38.0. The summed E-state index contributed by atoms with van der Waals surface area (Å²) in [6.45, 7) is 37.3. The highest BCUT2D eigenvalue weighted by Gasteiger charge is 2.38. The molecule has 0 aromatic rings. The van der Waals surface area contributed by atoms with Gasteiger partial charge in [-0.3, -0.25) is 0 Å². The third-order valence-electron chi connectivity index (χ3n) is 11.4. The van der Waals surface area contributed by atoms with Crippen LogP contribution in [0.4, 0.5) is 0 Å². The first-order valence-corrected chi connectivity index (χ1v) is 17.3. The summed E-state index contributed by atoms with van der Waals surface area (Å²) in [5, 5.41) is 0. The summed E-state index contributed by atoms with van der Waals surface area (Å²) in [5.74, 6) is 4.18. The van der Waals surface area contributed by atoms with Gasteiger partial charge in [0.1, 0.15) is 0 Å². The van der Waals surface area contributed by atoms with Crippen molar-refractivity contribution in [2.24, 2.45) is 51.2 Å². The number of hydrogen-bond donors (Lipinski definition) is 0. The Balaban J connectivity index is 4.85. The molecule has 0 bridgehead atoms. The van der Waals surface area contributed by atoms with Crippen molar-refractivity contribution in [3.05, 3.63) is 0 Å². The van der Waals surface area contributed by atoms with E-state index in [9.17, 15) is 0 Å². The predicted molar refractivity (Wildman–Crippen MR) is 177 cm³/mol. The lowest BCUT2D eigenvalue weighted by Gasteiger charge is -2.45. The van der Waals surface area contributed by atoms with Crippen LogP contribution in [-0.4, -0.2) is 0 Å². The molecule has 0 aromatic heterocycles. The van der Waals surface area contributed by atoms with Gasteiger partial charge in [-0.1, -0.05) is 155 Å². The summed E-state index contributed by atoms with van der Waals surface area (Å²) in [5.41, 5.74) is 1.80. The van der Waals surface area contributed by atoms with Crippen LogP contribution in [0.5, 0.6) is 0 Å². The molecule has 0 aliphatic heterocycles. The highest BCUT2D eigenvalue weighted by molar-refractivity contribution is 4.89. The first-order chi connectivity index (χ1) is 17.3. The Kier molecular flexibility index (Phi) is 17.1. The van der Waals surface area contributed by atoms with Crippen LogP contribution in [-0.2, 0) is 0 Å². The molecular weight excluding hydrogens is 456 g/mol. The van der Waals surface area contributed by atoms with Crippen molar-refractivity contribution in [2.45, 2.75) is 194 Å². The largest absolute Gasteiger partial charge is 0.0649 e. The van der Waals surface area contributed by atoms with Crippen LogP contribution in [0.2, 0.25) is 0 Å². The molecule has 0 spiro atoms. The van der Waals surface area contributed by atoms with Gasteiger partial charge in [-0.2, -0.15) is 0 Å². The molecule has 0 fully saturated rings. The van der Waals surface area contributed by atoms with Crippen LogP contribution in [0.25, 0.3) is 0 Å². The van der Waals surface area contributed by atoms with E-state index in [-0.39, 0.29) is 0 Å². The van der Waals surface area contributed by atoms with E-state index >= 15 is 0 Å². The van der Waals surface area contributed by atoms with E-state index in [1.54, 1.807) is 0 Å². The predicted octanol–water partition coefficient (Wildman–Crippen LogP) is 13.8. The minimum atomic E-state index is 0.380. The molecule has 0 heterocycles. The monoisotopic (exact) mass is 535 g/mol. The molecule has 5 unspecified atom stereocenters. The molecule has 0 radical (unpaired) electrons. The third kappa shape index (κ3) is 15.1. The highest BCUT2D eigenvalue weighted by atomic mass is 14.4. The van der Waals surface area contributed by atoms with E-state index in [2.05, 4.69) is 104 Å². The highest BCUT2D eigenvalue weighted by Crippen LogP contribution is 2.49. The maximum absolute atomic E-state index is 2.58. The summed E-state index contributed by atoms with van der Waals surface area (Å²) in [6.07, 6.45) is 19.3. The zero-order valence-corrected chi connectivity index (χ0v) is 29.8. The van der Waals surface area contributed by atoms with Crippen LogP contribution >= 0.6 is 0 Å². The van der Waals surface area contributed by atoms with Gasteiger partial charge in [0.05, 0.1) is 0 Å². The van der Waals surface area contributed by atoms with Crippen LogP contribution in [0, 0.1) is 51.2 Å². The van der Waals surface area contributed by atoms with Gasteiger partial charge in [0, 0.05) is 0 Å². The van der Waals surface area contributed by atoms with Gasteiger partial charge in [0.15, 0.2) is 0 Å². The second kappa shape index (κ2) is 17.1. The molecule has 0 nitrogen and oxygen atoms in total. The number of hydrogen-bond acceptors (Lipinski definition) is 0. The van der Waals surface area contributed by atoms with Gasteiger partial charge in [-0.15, -0.1) is 0 Å². The van der Waals surface area contributed by atoms with Crippen LogP contribution in [0.15, 0.2) is 0 Å². The van der Waals surface area contributed by atoms with E-state index in [1.807, 2.05) is 0 Å². The van der Waals surface area contributed by atoms with E-state index in [0.717, 1.165) is 29.6 Å². The van der Waals surface area contributed by atoms with Gasteiger partial charge in [-0.05, 0) is 89.8 Å². The van der Waals surface area contributed by atoms with Crippen molar-refractivity contribution >= 4 is 0 Å². The van der Waals surface area contributed by atoms with E-state index < -0.39 is 0 Å². The fraction of sp³-hybridized carbons (Fsp3) is 1.00. The van der Waals surface area contributed by atoms with Crippen molar-refractivity contribution in [1.82, 2.24) is 0 Å². The van der Waals surface area contributed by atoms with Gasteiger partial charge in [-0.25, -0.2) is 0 Å². The van der Waals surface area contributed by atoms with E-state index in [4.69, 9.17) is 0 Å². The Bertz CT molecular complexity index is 595. The minimum Gasteiger partial charge on any atom is -0.0649 e. The Labute approximate surface area is 244 Å². The van der Waals surface area contributed by atoms with E-state index in [0.29, 0.717) is 21.7 Å². The molecule has 0 aliphatic rings. The van der Waals surface area contributed by atoms with Gasteiger partial charge in [0.25, 0.3) is 0 Å². The topological polar surface area (TPSA) is 0 Å². The summed E-state index contributed by atoms with van der Waals surface area (Å²) in [7, 11) is 0.